The lowest BCUT2D eigenvalue weighted by atomic mass is 10.00. The first-order chi connectivity index (χ1) is 28.8. The number of nitrogens with two attached hydrogens (primary N) is 3. The van der Waals surface area contributed by atoms with Gasteiger partial charge in [-0.2, -0.15) is 0 Å². The van der Waals surface area contributed by atoms with E-state index >= 15 is 0 Å². The third-order valence-electron chi connectivity index (χ3n) is 9.55. The fourth-order valence-corrected chi connectivity index (χ4v) is 8.86. The lowest BCUT2D eigenvalue weighted by Crippen LogP contribution is -2.59. The van der Waals surface area contributed by atoms with E-state index in [1.807, 2.05) is 66.7 Å². The number of H-pyrrole nitrogens is 1. The molecule has 0 radical (unpaired) electrons. The summed E-state index contributed by atoms with van der Waals surface area (Å²) in [6.07, 6.45) is 1.95. The highest BCUT2D eigenvalue weighted by molar-refractivity contribution is 8.76. The number of carbonyl (C=O) groups is 7. The van der Waals surface area contributed by atoms with Crippen molar-refractivity contribution < 1.29 is 33.6 Å². The van der Waals surface area contributed by atoms with Gasteiger partial charge in [0.1, 0.15) is 30.2 Å². The van der Waals surface area contributed by atoms with Gasteiger partial charge in [0.25, 0.3) is 0 Å². The van der Waals surface area contributed by atoms with Gasteiger partial charge < -0.3 is 54.1 Å². The predicted octanol–water partition coefficient (Wildman–Crippen LogP) is -0.400. The third-order valence-corrected chi connectivity index (χ3v) is 12.0. The summed E-state index contributed by atoms with van der Waals surface area (Å²) in [4.78, 5) is 101. The molecule has 1 aliphatic heterocycles. The van der Waals surface area contributed by atoms with Crippen molar-refractivity contribution in [1.29, 1.82) is 0 Å². The van der Waals surface area contributed by atoms with E-state index in [9.17, 15) is 33.6 Å². The maximum absolute atomic E-state index is 14.3. The minimum absolute atomic E-state index is 0.00116. The van der Waals surface area contributed by atoms with Crippen molar-refractivity contribution in [1.82, 2.24) is 36.9 Å². The van der Waals surface area contributed by atoms with Crippen LogP contribution in [0.15, 0.2) is 77.9 Å². The van der Waals surface area contributed by atoms with Gasteiger partial charge in [-0.15, -0.1) is 0 Å². The number of nitrogens with zero attached hydrogens (tertiary/aromatic N) is 1. The average Bonchev–Trinajstić information content (AvgIpc) is 3.62. The normalized spacial score (nSPS) is 21.4. The molecule has 4 aromatic rings. The number of aromatic amines is 1. The van der Waals surface area contributed by atoms with Gasteiger partial charge in [0.05, 0.1) is 6.54 Å². The Balaban J connectivity index is 1.50. The van der Waals surface area contributed by atoms with Crippen LogP contribution in [0.1, 0.15) is 30.9 Å². The van der Waals surface area contributed by atoms with Crippen molar-refractivity contribution in [3.8, 4) is 0 Å². The number of aromatic nitrogens is 1. The highest BCUT2D eigenvalue weighted by Crippen LogP contribution is 2.24. The number of benzene rings is 3. The predicted molar refractivity (Wildman–Crippen MR) is 232 cm³/mol. The molecule has 18 nitrogen and oxygen atoms in total. The van der Waals surface area contributed by atoms with Crippen LogP contribution < -0.4 is 49.1 Å². The molecule has 318 valence electrons. The van der Waals surface area contributed by atoms with Crippen molar-refractivity contribution >= 4 is 90.6 Å². The van der Waals surface area contributed by atoms with E-state index in [0.717, 1.165) is 43.3 Å². The van der Waals surface area contributed by atoms with Gasteiger partial charge in [0.15, 0.2) is 5.96 Å². The van der Waals surface area contributed by atoms with Gasteiger partial charge in [0.2, 0.25) is 41.4 Å². The molecule has 1 fully saturated rings. The number of amides is 7. The molecule has 0 saturated carbocycles. The number of aliphatic imine (C=N–C) groups is 1. The maximum atomic E-state index is 14.3. The van der Waals surface area contributed by atoms with Gasteiger partial charge in [-0.25, -0.2) is 0 Å². The molecule has 5 atom stereocenters. The number of primary amides is 1. The third kappa shape index (κ3) is 13.1. The molecule has 3 aromatic carbocycles. The quantitative estimate of drug-likeness (QED) is 0.0424. The summed E-state index contributed by atoms with van der Waals surface area (Å²) < 4.78 is 0. The molecule has 2 heterocycles. The zero-order chi connectivity index (χ0) is 43.2. The largest absolute Gasteiger partial charge is 0.370 e. The fourth-order valence-electron chi connectivity index (χ4n) is 6.52. The van der Waals surface area contributed by atoms with Crippen LogP contribution in [0.5, 0.6) is 0 Å². The molecular weight excluding hydrogens is 811 g/mol. The molecule has 20 heteroatoms. The first kappa shape index (κ1) is 44.8. The Hall–Kier alpha value is -6.28. The monoisotopic (exact) mass is 859 g/mol. The summed E-state index contributed by atoms with van der Waals surface area (Å²) in [5.41, 5.74) is 18.9. The average molecular weight is 860 g/mol. The number of rotatable bonds is 10. The second-order valence-electron chi connectivity index (χ2n) is 14.1. The minimum Gasteiger partial charge on any atom is -0.370 e. The van der Waals surface area contributed by atoms with Crippen LogP contribution in [0.3, 0.4) is 0 Å². The number of nitrogens with one attached hydrogen (secondary N) is 7. The molecule has 60 heavy (non-hydrogen) atoms. The SMILES string of the molecule is CC(=O)NC1CSSC[C@@H](C(N)=O)NC(=O)C(Cc2c[nH]c3ccccc23)NC(=O)[C@H](CCCN=C(N)N)NC(=O)[C@@H](Cc2ccc3ccccc3c2)NC(=O)CNC1=O. The van der Waals surface area contributed by atoms with E-state index in [-0.39, 0.29) is 49.7 Å². The van der Waals surface area contributed by atoms with E-state index in [1.165, 1.54) is 6.92 Å². The van der Waals surface area contributed by atoms with E-state index in [4.69, 9.17) is 17.2 Å². The molecule has 2 unspecified atom stereocenters. The van der Waals surface area contributed by atoms with Gasteiger partial charge in [-0.1, -0.05) is 82.3 Å². The standard InChI is InChI=1S/C40H49N11O7S2/c1-22(52)47-33-21-60-59-20-32(35(41)54)51-39(58)31(17-26-18-45-28-10-5-4-9-27(26)28)50-37(56)29(11-6-14-44-40(42)43)49-38(57)30(48-34(53)19-46-36(33)55)16-23-12-13-24-7-2-3-8-25(24)15-23/h2-5,7-10,12-13,15,18,29-33,45H,6,11,14,16-17,19-21H2,1H3,(H2,41,54)(H,46,55)(H,47,52)(H,48,53)(H,49,57)(H,50,56)(H,51,58)(H4,42,43,44)/t29-,30+,31?,32-,33?/m0/s1. The van der Waals surface area contributed by atoms with E-state index < -0.39 is 78.1 Å². The molecule has 0 spiro atoms. The van der Waals surface area contributed by atoms with Crippen molar-refractivity contribution in [2.75, 3.05) is 24.6 Å². The number of para-hydroxylation sites is 1. The van der Waals surface area contributed by atoms with E-state index in [1.54, 1.807) is 6.20 Å². The first-order valence-electron chi connectivity index (χ1n) is 19.1. The Bertz CT molecular complexity index is 2250. The summed E-state index contributed by atoms with van der Waals surface area (Å²) in [5.74, 6) is -5.07. The second kappa shape index (κ2) is 21.6. The summed E-state index contributed by atoms with van der Waals surface area (Å²) in [7, 11) is 2.25. The number of guanidine groups is 1. The minimum atomic E-state index is -1.26. The van der Waals surface area contributed by atoms with E-state index in [0.29, 0.717) is 11.1 Å². The lowest BCUT2D eigenvalue weighted by molar-refractivity contribution is -0.134. The van der Waals surface area contributed by atoms with Gasteiger partial charge in [-0.3, -0.25) is 38.6 Å². The van der Waals surface area contributed by atoms with E-state index in [2.05, 4.69) is 41.9 Å². The highest BCUT2D eigenvalue weighted by atomic mass is 33.1. The van der Waals surface area contributed by atoms with Gasteiger partial charge in [-0.05, 0) is 40.8 Å². The Morgan fingerprint density at radius 1 is 0.767 bits per heavy atom. The van der Waals surface area contributed by atoms with Crippen LogP contribution in [0, 0.1) is 0 Å². The molecule has 13 N–H and O–H groups in total. The van der Waals surface area contributed by atoms with Crippen molar-refractivity contribution in [3.05, 3.63) is 84.1 Å². The molecule has 0 aliphatic carbocycles. The zero-order valence-electron chi connectivity index (χ0n) is 32.8. The number of hydrogen-bond acceptors (Lipinski definition) is 10. The van der Waals surface area contributed by atoms with Crippen LogP contribution in [0.2, 0.25) is 0 Å². The Morgan fingerprint density at radius 2 is 1.43 bits per heavy atom. The summed E-state index contributed by atoms with van der Waals surface area (Å²) in [6, 6.07) is 14.6. The topological polar surface area (TPSA) is 298 Å². The molecule has 7 amide bonds. The first-order valence-corrected chi connectivity index (χ1v) is 21.6. The number of hydrogen-bond donors (Lipinski definition) is 10. The molecule has 1 saturated heterocycles. The van der Waals surface area contributed by atoms with Crippen LogP contribution in [0.4, 0.5) is 0 Å². The Morgan fingerprint density at radius 3 is 2.18 bits per heavy atom. The zero-order valence-corrected chi connectivity index (χ0v) is 34.5. The van der Waals surface area contributed by atoms with Gasteiger partial charge >= 0.3 is 0 Å². The molecule has 5 rings (SSSR count). The highest BCUT2D eigenvalue weighted by Gasteiger charge is 2.32. The smallest absolute Gasteiger partial charge is 0.243 e. The Labute approximate surface area is 353 Å². The maximum Gasteiger partial charge on any atom is 0.243 e. The van der Waals surface area contributed by atoms with Crippen LogP contribution in [0.25, 0.3) is 21.7 Å². The second-order valence-corrected chi connectivity index (χ2v) is 16.7. The molecule has 0 bridgehead atoms. The van der Waals surface area contributed by atoms with Crippen LogP contribution in [-0.4, -0.2) is 107 Å². The van der Waals surface area contributed by atoms with Crippen molar-refractivity contribution in [2.24, 2.45) is 22.2 Å². The fraction of sp³-hybridized carbons (Fsp3) is 0.350. The van der Waals surface area contributed by atoms with Gasteiger partial charge in [0, 0.05) is 54.9 Å². The molecule has 1 aromatic heterocycles. The van der Waals surface area contributed by atoms with Crippen LogP contribution >= 0.6 is 21.6 Å². The number of carbonyl (C=O) groups excluding carboxylic acids is 7. The lowest BCUT2D eigenvalue weighted by Gasteiger charge is -2.26. The Kier molecular flexibility index (Phi) is 16.2. The summed E-state index contributed by atoms with van der Waals surface area (Å²) in [6.45, 7) is 0.818. The summed E-state index contributed by atoms with van der Waals surface area (Å²) >= 11 is 0. The van der Waals surface area contributed by atoms with Crippen LogP contribution in [-0.2, 0) is 46.4 Å². The number of fused-ring (bicyclic) bond motifs is 2. The van der Waals surface area contributed by atoms with Crippen molar-refractivity contribution in [2.45, 2.75) is 62.8 Å². The molecular formula is C40H49N11O7S2. The molecule has 1 aliphatic rings. The van der Waals surface area contributed by atoms with Crippen molar-refractivity contribution in [3.63, 3.8) is 0 Å². The summed E-state index contributed by atoms with van der Waals surface area (Å²) in [5, 5.41) is 18.6.